The summed E-state index contributed by atoms with van der Waals surface area (Å²) < 4.78 is 4.13. The van der Waals surface area contributed by atoms with Gasteiger partial charge < -0.3 is 5.32 Å². The van der Waals surface area contributed by atoms with Gasteiger partial charge in [0.1, 0.15) is 0 Å². The normalized spacial score (nSPS) is 20.6. The monoisotopic (exact) mass is 660 g/mol. The second kappa shape index (κ2) is 10.6. The number of aliphatic imine (C=N–C) groups is 4. The standard InChI is InChI=1S/C32H16N8.C5H11N.Cu/c1-2-10-18-17(9-1)25-33-26(18)38-28-21-13-5-6-14-22(21)30(35-28)40-32-24-16-8-7-15-23(24)31(36-32)39-29-20-12-4-3-11-19(20)27(34-29)37-25;1-2-4-6-5-3-1;/h1-16H;6H,1-5H2;/q-2;;+2. The molecule has 0 aliphatic carbocycles. The quantitative estimate of drug-likeness (QED) is 0.211. The van der Waals surface area contributed by atoms with Crippen molar-refractivity contribution >= 4 is 56.5 Å². The van der Waals surface area contributed by atoms with E-state index in [0.29, 0.717) is 23.3 Å². The van der Waals surface area contributed by atoms with Crippen LogP contribution in [0.3, 0.4) is 0 Å². The third-order valence-corrected chi connectivity index (χ3v) is 10.1. The zero-order valence-corrected chi connectivity index (χ0v) is 26.1. The molecule has 0 amide bonds. The Bertz CT molecular complexity index is 2380. The van der Waals surface area contributed by atoms with E-state index < -0.39 is 0 Å². The van der Waals surface area contributed by atoms with E-state index in [2.05, 4.69) is 61.0 Å². The third kappa shape index (κ3) is 4.19. The van der Waals surface area contributed by atoms with Crippen LogP contribution < -0.4 is 16.3 Å². The van der Waals surface area contributed by atoms with Gasteiger partial charge in [0.25, 0.3) is 0 Å². The first-order chi connectivity index (χ1) is 23.3. The Kier molecular flexibility index (Phi) is 6.08. The molecule has 4 aromatic carbocycles. The van der Waals surface area contributed by atoms with Gasteiger partial charge in [0, 0.05) is 0 Å². The van der Waals surface area contributed by atoms with E-state index in [1.807, 2.05) is 48.5 Å². The van der Waals surface area contributed by atoms with E-state index in [4.69, 9.17) is 30.0 Å². The van der Waals surface area contributed by atoms with E-state index in [9.17, 15) is 0 Å². The van der Waals surface area contributed by atoms with E-state index >= 15 is 0 Å². The molecule has 5 aliphatic rings. The van der Waals surface area contributed by atoms with Crippen molar-refractivity contribution in [3.63, 3.8) is 0 Å². The Labute approximate surface area is 276 Å². The van der Waals surface area contributed by atoms with E-state index in [0.717, 1.165) is 66.4 Å². The molecule has 0 unspecified atom stereocenters. The predicted molar refractivity (Wildman–Crippen MR) is 182 cm³/mol. The molecule has 0 atom stereocenters. The van der Waals surface area contributed by atoms with E-state index in [1.165, 1.54) is 32.4 Å². The average molecular weight is 661 g/mol. The molecular weight excluding hydrogens is 634 g/mol. The van der Waals surface area contributed by atoms with Gasteiger partial charge in [0.2, 0.25) is 0 Å². The third-order valence-electron chi connectivity index (χ3n) is 8.91. The Morgan fingerprint density at radius 1 is 0.426 bits per heavy atom. The predicted octanol–water partition coefficient (Wildman–Crippen LogP) is 5.61. The van der Waals surface area contributed by atoms with Gasteiger partial charge in [-0.25, -0.2) is 0 Å². The Balaban J connectivity index is 0.000000432. The number of aromatic nitrogens is 2. The van der Waals surface area contributed by atoms with E-state index in [1.54, 1.807) is 15.4 Å². The molecule has 9 nitrogen and oxygen atoms in total. The SMILES string of the molecule is C1CCNCC1.c1ccc2c(c1)C1=NC/2=N\c2c3ccccc3c3[n]2[Cu][n]2/c(c4ccccc4/c2=N/C2=N\C(=N/3)c3ccccc32)=N\1. The van der Waals surface area contributed by atoms with Crippen LogP contribution in [0, 0.1) is 0 Å². The van der Waals surface area contributed by atoms with Crippen LogP contribution in [0.1, 0.15) is 41.5 Å². The molecule has 2 aromatic heterocycles. The van der Waals surface area contributed by atoms with Crippen molar-refractivity contribution in [2.24, 2.45) is 30.0 Å². The number of nitrogens with one attached hydrogen (secondary N) is 1. The van der Waals surface area contributed by atoms with Crippen LogP contribution >= 0.6 is 0 Å². The molecule has 0 saturated carbocycles. The number of benzene rings is 4. The van der Waals surface area contributed by atoms with Crippen molar-refractivity contribution in [3.05, 3.63) is 130 Å². The topological polar surface area (TPSA) is 96.0 Å². The number of piperidine rings is 1. The first kappa shape index (κ1) is 26.9. The molecule has 1 N–H and O–H groups in total. The first-order valence-electron chi connectivity index (χ1n) is 15.9. The fraction of sp³-hybridized carbons (Fsp3) is 0.135. The minimum absolute atomic E-state index is 0.634. The molecule has 0 spiro atoms. The van der Waals surface area contributed by atoms with Gasteiger partial charge in [-0.15, -0.1) is 0 Å². The molecule has 1 saturated heterocycles. The fourth-order valence-electron chi connectivity index (χ4n) is 6.64. The van der Waals surface area contributed by atoms with Crippen molar-refractivity contribution < 1.29 is 15.4 Å². The first-order valence-corrected chi connectivity index (χ1v) is 16.7. The van der Waals surface area contributed by atoms with Crippen LogP contribution in [0.15, 0.2) is 127 Å². The molecule has 6 aromatic rings. The molecule has 11 rings (SSSR count). The maximum atomic E-state index is 5.20. The van der Waals surface area contributed by atoms with Crippen molar-refractivity contribution in [3.8, 4) is 0 Å². The Morgan fingerprint density at radius 2 is 0.830 bits per heavy atom. The van der Waals surface area contributed by atoms with Crippen LogP contribution in [0.2, 0.25) is 0 Å². The van der Waals surface area contributed by atoms with Gasteiger partial charge in [0.05, 0.1) is 0 Å². The second-order valence-electron chi connectivity index (χ2n) is 11.8. The summed E-state index contributed by atoms with van der Waals surface area (Å²) in [4.78, 5) is 30.8. The number of hydrogen-bond acceptors (Lipinski definition) is 7. The van der Waals surface area contributed by atoms with Gasteiger partial charge in [-0.3, -0.25) is 0 Å². The summed E-state index contributed by atoms with van der Waals surface area (Å²) in [6.07, 6.45) is 4.22. The molecule has 7 heterocycles. The number of hydrogen-bond donors (Lipinski definition) is 1. The maximum absolute atomic E-state index is 5.20. The molecule has 231 valence electrons. The number of fused-ring (bicyclic) bond motifs is 14. The molecule has 6 bridgehead atoms. The number of rotatable bonds is 0. The molecule has 5 aliphatic heterocycles. The van der Waals surface area contributed by atoms with Crippen LogP contribution in [-0.4, -0.2) is 43.6 Å². The summed E-state index contributed by atoms with van der Waals surface area (Å²) >= 11 is 1.62. The summed E-state index contributed by atoms with van der Waals surface area (Å²) in [5, 5.41) is 7.21. The number of nitrogens with zero attached hydrogens (tertiary/aromatic N) is 8. The summed E-state index contributed by atoms with van der Waals surface area (Å²) in [5.41, 5.74) is 5.33. The number of amidine groups is 4. The van der Waals surface area contributed by atoms with Gasteiger partial charge in [0.15, 0.2) is 0 Å². The fourth-order valence-corrected chi connectivity index (χ4v) is 7.83. The van der Waals surface area contributed by atoms with Gasteiger partial charge >= 0.3 is 239 Å². The van der Waals surface area contributed by atoms with Crippen LogP contribution in [-0.2, 0) is 15.4 Å². The Morgan fingerprint density at radius 3 is 1.23 bits per heavy atom. The minimum atomic E-state index is 0.634. The van der Waals surface area contributed by atoms with Crippen molar-refractivity contribution in [1.29, 1.82) is 0 Å². The summed E-state index contributed by atoms with van der Waals surface area (Å²) in [7, 11) is 0. The van der Waals surface area contributed by atoms with Crippen molar-refractivity contribution in [1.82, 2.24) is 12.5 Å². The van der Waals surface area contributed by atoms with Crippen molar-refractivity contribution in [2.75, 3.05) is 13.1 Å². The van der Waals surface area contributed by atoms with Crippen LogP contribution in [0.25, 0.3) is 21.5 Å². The van der Waals surface area contributed by atoms with Gasteiger partial charge in [-0.1, -0.05) is 6.42 Å². The Hall–Kier alpha value is -5.28. The van der Waals surface area contributed by atoms with Gasteiger partial charge in [-0.2, -0.15) is 0 Å². The molecule has 47 heavy (non-hydrogen) atoms. The second-order valence-corrected chi connectivity index (χ2v) is 12.8. The van der Waals surface area contributed by atoms with Gasteiger partial charge in [-0.05, 0) is 25.9 Å². The molecule has 1 fully saturated rings. The summed E-state index contributed by atoms with van der Waals surface area (Å²) in [5.74, 6) is 4.04. The average Bonchev–Trinajstić information content (AvgIpc) is 3.83. The molecule has 10 heteroatoms. The summed E-state index contributed by atoms with van der Waals surface area (Å²) in [6.45, 7) is 2.50. The van der Waals surface area contributed by atoms with Crippen molar-refractivity contribution in [2.45, 2.75) is 19.3 Å². The van der Waals surface area contributed by atoms with Crippen LogP contribution in [0.4, 0.5) is 11.6 Å². The van der Waals surface area contributed by atoms with Crippen LogP contribution in [0.5, 0.6) is 0 Å². The summed E-state index contributed by atoms with van der Waals surface area (Å²) in [6, 6.07) is 32.8. The zero-order valence-electron chi connectivity index (χ0n) is 25.2. The molecule has 0 radical (unpaired) electrons. The zero-order chi connectivity index (χ0) is 30.9. The molecular formula is C37H27CuN9. The van der Waals surface area contributed by atoms with E-state index in [-0.39, 0.29) is 0 Å².